The van der Waals surface area contributed by atoms with Gasteiger partial charge in [0.15, 0.2) is 0 Å². The topological polar surface area (TPSA) is 168 Å². The summed E-state index contributed by atoms with van der Waals surface area (Å²) in [6.45, 7) is 4.25. The molecule has 11 heteroatoms. The number of hydrogen-bond donors (Lipinski definition) is 6. The van der Waals surface area contributed by atoms with Crippen molar-refractivity contribution >= 4 is 23.5 Å². The Labute approximate surface area is 261 Å². The number of carbonyl (C=O) groups is 2. The Morgan fingerprint density at radius 1 is 0.889 bits per heavy atom. The third kappa shape index (κ3) is 8.55. The van der Waals surface area contributed by atoms with Crippen LogP contribution in [-0.2, 0) is 11.3 Å². The molecule has 1 heterocycles. The van der Waals surface area contributed by atoms with Crippen LogP contribution in [0.15, 0.2) is 90.0 Å². The van der Waals surface area contributed by atoms with Gasteiger partial charge in [-0.1, -0.05) is 62.4 Å². The van der Waals surface area contributed by atoms with E-state index in [0.717, 1.165) is 11.3 Å². The molecule has 3 aromatic carbocycles. The van der Waals surface area contributed by atoms with Gasteiger partial charge in [-0.05, 0) is 66.3 Å². The van der Waals surface area contributed by atoms with Crippen molar-refractivity contribution in [2.45, 2.75) is 57.8 Å². The van der Waals surface area contributed by atoms with Crippen molar-refractivity contribution in [3.63, 3.8) is 0 Å². The summed E-state index contributed by atoms with van der Waals surface area (Å²) in [6.07, 6.45) is -2.32. The summed E-state index contributed by atoms with van der Waals surface area (Å²) in [5.41, 5.74) is 17.3. The lowest BCUT2D eigenvalue weighted by molar-refractivity contribution is -0.123. The number of nitrogens with one attached hydrogen (secondary N) is 2. The fourth-order valence-electron chi connectivity index (χ4n) is 5.39. The molecule has 2 atom stereocenters. The van der Waals surface area contributed by atoms with Crippen LogP contribution in [0.5, 0.6) is 0 Å². The summed E-state index contributed by atoms with van der Waals surface area (Å²) in [6, 6.07) is 24.8. The molecule has 236 valence electrons. The second-order valence-corrected chi connectivity index (χ2v) is 11.1. The van der Waals surface area contributed by atoms with E-state index in [0.29, 0.717) is 28.1 Å². The fourth-order valence-corrected chi connectivity index (χ4v) is 5.39. The van der Waals surface area contributed by atoms with Crippen molar-refractivity contribution in [2.75, 3.05) is 5.32 Å². The number of nitrogens with zero attached hydrogens (tertiary/aromatic N) is 2. The van der Waals surface area contributed by atoms with Crippen LogP contribution in [-0.4, -0.2) is 44.8 Å². The van der Waals surface area contributed by atoms with Gasteiger partial charge in [0, 0.05) is 23.5 Å². The Morgan fingerprint density at radius 3 is 2.11 bits per heavy atom. The summed E-state index contributed by atoms with van der Waals surface area (Å²) in [5, 5.41) is 27.8. The molecule has 0 saturated heterocycles. The zero-order valence-corrected chi connectivity index (χ0v) is 25.3. The zero-order chi connectivity index (χ0) is 32.5. The van der Waals surface area contributed by atoms with E-state index in [-0.39, 0.29) is 43.6 Å². The van der Waals surface area contributed by atoms with Crippen molar-refractivity contribution in [1.29, 1.82) is 0 Å². The van der Waals surface area contributed by atoms with E-state index in [1.807, 2.05) is 79.1 Å². The Morgan fingerprint density at radius 2 is 1.51 bits per heavy atom. The normalized spacial score (nSPS) is 12.4. The van der Waals surface area contributed by atoms with Gasteiger partial charge in [0.25, 0.3) is 5.91 Å². The molecule has 0 aliphatic rings. The van der Waals surface area contributed by atoms with E-state index >= 15 is 0 Å². The van der Waals surface area contributed by atoms with Gasteiger partial charge in [-0.2, -0.15) is 0 Å². The number of hydrogen-bond acceptors (Lipinski definition) is 5. The lowest BCUT2D eigenvalue weighted by Crippen LogP contribution is -2.31. The summed E-state index contributed by atoms with van der Waals surface area (Å²) in [4.78, 5) is 26.1. The molecule has 10 nitrogen and oxygen atoms in total. The van der Waals surface area contributed by atoms with E-state index < -0.39 is 23.9 Å². The molecule has 0 saturated carbocycles. The number of aliphatic hydroxyl groups excluding tert-OH is 2. The first kappa shape index (κ1) is 32.9. The standard InChI is InChI=1S/C34H39FN6O4/c1-21(2)31-30(33(45)38-25-11-7-4-8-12-25)29(22-9-5-3-6-10-22)32(23-13-15-24(35)16-14-23)41(31)18-17-26(42)19-27(43)20-28(44)39-40-34(36)37/h3-16,21,26-27,42-43H,17-20H2,1-2H3,(H,38,45)(H,39,44)(H4,36,37,40)/t26-,27-/m1/s1. The maximum Gasteiger partial charge on any atom is 0.258 e. The maximum atomic E-state index is 14.1. The molecule has 1 aromatic heterocycles. The van der Waals surface area contributed by atoms with Gasteiger partial charge in [0.05, 0.1) is 29.9 Å². The number of nitrogens with two attached hydrogens (primary N) is 2. The molecule has 45 heavy (non-hydrogen) atoms. The van der Waals surface area contributed by atoms with Crippen molar-refractivity contribution in [3.05, 3.63) is 102 Å². The van der Waals surface area contributed by atoms with E-state index in [1.54, 1.807) is 12.1 Å². The molecule has 0 radical (unpaired) electrons. The second-order valence-electron chi connectivity index (χ2n) is 11.1. The average molecular weight is 615 g/mol. The van der Waals surface area contributed by atoms with Crippen LogP contribution in [0.3, 0.4) is 0 Å². The third-order valence-electron chi connectivity index (χ3n) is 7.25. The van der Waals surface area contributed by atoms with Gasteiger partial charge < -0.3 is 31.6 Å². The molecule has 4 aromatic rings. The first-order valence-corrected chi connectivity index (χ1v) is 14.7. The van der Waals surface area contributed by atoms with Crippen molar-refractivity contribution < 1.29 is 24.2 Å². The SMILES string of the molecule is CC(C)c1c(C(=O)Nc2ccccc2)c(-c2ccccc2)c(-c2ccc(F)cc2)n1CC[C@@H](O)C[C@@H](O)CC(=O)NN=C(N)N. The van der Waals surface area contributed by atoms with Gasteiger partial charge in [0.2, 0.25) is 11.9 Å². The minimum atomic E-state index is -1.15. The summed E-state index contributed by atoms with van der Waals surface area (Å²) in [7, 11) is 0. The quantitative estimate of drug-likeness (QED) is 0.0735. The number of amides is 2. The number of benzene rings is 3. The van der Waals surface area contributed by atoms with Gasteiger partial charge in [0.1, 0.15) is 5.82 Å². The van der Waals surface area contributed by atoms with Crippen molar-refractivity contribution in [2.24, 2.45) is 16.6 Å². The molecule has 0 unspecified atom stereocenters. The van der Waals surface area contributed by atoms with Gasteiger partial charge in [-0.3, -0.25) is 9.59 Å². The molecule has 0 aliphatic heterocycles. The van der Waals surface area contributed by atoms with E-state index in [4.69, 9.17) is 11.5 Å². The Bertz CT molecular complexity index is 1620. The van der Waals surface area contributed by atoms with Crippen molar-refractivity contribution in [1.82, 2.24) is 9.99 Å². The van der Waals surface area contributed by atoms with E-state index in [2.05, 4.69) is 15.8 Å². The Hall–Kier alpha value is -5.00. The van der Waals surface area contributed by atoms with Crippen molar-refractivity contribution in [3.8, 4) is 22.4 Å². The number of aromatic nitrogens is 1. The van der Waals surface area contributed by atoms with Gasteiger partial charge in [-0.15, -0.1) is 5.10 Å². The molecule has 2 amide bonds. The average Bonchev–Trinajstić information content (AvgIpc) is 3.36. The number of anilines is 1. The Balaban J connectivity index is 1.77. The lowest BCUT2D eigenvalue weighted by atomic mass is 9.94. The smallest absolute Gasteiger partial charge is 0.258 e. The number of guanidine groups is 1. The van der Waals surface area contributed by atoms with E-state index in [1.165, 1.54) is 12.1 Å². The highest BCUT2D eigenvalue weighted by atomic mass is 19.1. The van der Waals surface area contributed by atoms with Gasteiger partial charge in [-0.25, -0.2) is 9.82 Å². The second kappa shape index (κ2) is 15.1. The third-order valence-corrected chi connectivity index (χ3v) is 7.25. The molecule has 8 N–H and O–H groups in total. The molecular formula is C34H39FN6O4. The van der Waals surface area contributed by atoms with Crippen LogP contribution in [0.1, 0.15) is 55.1 Å². The Kier molecular flexibility index (Phi) is 11.1. The van der Waals surface area contributed by atoms with Crippen LogP contribution in [0.2, 0.25) is 0 Å². The maximum absolute atomic E-state index is 14.1. The van der Waals surface area contributed by atoms with Crippen LogP contribution in [0.4, 0.5) is 10.1 Å². The number of halogens is 1. The zero-order valence-electron chi connectivity index (χ0n) is 25.3. The summed E-state index contributed by atoms with van der Waals surface area (Å²) >= 11 is 0. The number of carbonyl (C=O) groups excluding carboxylic acids is 2. The highest BCUT2D eigenvalue weighted by Crippen LogP contribution is 2.42. The molecule has 0 spiro atoms. The first-order chi connectivity index (χ1) is 21.5. The molecule has 0 fully saturated rings. The molecular weight excluding hydrogens is 575 g/mol. The summed E-state index contributed by atoms with van der Waals surface area (Å²) in [5.74, 6) is -1.74. The van der Waals surface area contributed by atoms with Crippen LogP contribution < -0.4 is 22.2 Å². The molecule has 4 rings (SSSR count). The van der Waals surface area contributed by atoms with E-state index in [9.17, 15) is 24.2 Å². The highest BCUT2D eigenvalue weighted by molar-refractivity contribution is 6.12. The highest BCUT2D eigenvalue weighted by Gasteiger charge is 2.31. The number of para-hydroxylation sites is 1. The minimum Gasteiger partial charge on any atom is -0.393 e. The van der Waals surface area contributed by atoms with Crippen LogP contribution in [0, 0.1) is 5.82 Å². The number of rotatable bonds is 13. The predicted molar refractivity (Wildman–Crippen MR) is 174 cm³/mol. The van der Waals surface area contributed by atoms with Crippen LogP contribution in [0.25, 0.3) is 22.4 Å². The monoisotopic (exact) mass is 614 g/mol. The van der Waals surface area contributed by atoms with Crippen LogP contribution >= 0.6 is 0 Å². The van der Waals surface area contributed by atoms with Gasteiger partial charge >= 0.3 is 0 Å². The molecule has 0 aliphatic carbocycles. The summed E-state index contributed by atoms with van der Waals surface area (Å²) < 4.78 is 16.1. The fraction of sp³-hybridized carbons (Fsp3) is 0.265. The number of hydrazone groups is 1. The predicted octanol–water partition coefficient (Wildman–Crippen LogP) is 4.53. The molecule has 0 bridgehead atoms. The minimum absolute atomic E-state index is 0.0771. The largest absolute Gasteiger partial charge is 0.393 e. The number of aliphatic hydroxyl groups is 2. The first-order valence-electron chi connectivity index (χ1n) is 14.7. The lowest BCUT2D eigenvalue weighted by Gasteiger charge is -2.20.